The first-order valence-electron chi connectivity index (χ1n) is 8.90. The molecule has 0 saturated heterocycles. The highest BCUT2D eigenvalue weighted by Crippen LogP contribution is 2.45. The number of pyridine rings is 1. The number of amides is 1. The predicted molar refractivity (Wildman–Crippen MR) is 95.2 cm³/mol. The number of ether oxygens (including phenoxy) is 1. The second-order valence-electron chi connectivity index (χ2n) is 7.48. The molecule has 3 rings (SSSR count). The van der Waals surface area contributed by atoms with Crippen LogP contribution in [0.1, 0.15) is 50.4 Å². The summed E-state index contributed by atoms with van der Waals surface area (Å²) in [6, 6.07) is 1.92. The largest absolute Gasteiger partial charge is 0.378 e. The van der Waals surface area contributed by atoms with Gasteiger partial charge in [0.15, 0.2) is 5.65 Å². The molecule has 136 valence electrons. The van der Waals surface area contributed by atoms with Crippen molar-refractivity contribution in [3.63, 3.8) is 0 Å². The lowest BCUT2D eigenvalue weighted by molar-refractivity contribution is -0.140. The van der Waals surface area contributed by atoms with Crippen LogP contribution in [0.15, 0.2) is 12.3 Å². The van der Waals surface area contributed by atoms with Gasteiger partial charge in [0.25, 0.3) is 5.91 Å². The number of unbranched alkanes of at least 4 members (excludes halogenated alkanes) is 1. The second-order valence-corrected chi connectivity index (χ2v) is 7.48. The van der Waals surface area contributed by atoms with Gasteiger partial charge >= 0.3 is 0 Å². The predicted octanol–water partition coefficient (Wildman–Crippen LogP) is 2.42. The van der Waals surface area contributed by atoms with Crippen LogP contribution >= 0.6 is 0 Å². The van der Waals surface area contributed by atoms with Crippen molar-refractivity contribution in [1.82, 2.24) is 24.9 Å². The number of hydrogen-bond donors (Lipinski definition) is 0. The number of carbonyl (C=O) groups is 1. The van der Waals surface area contributed by atoms with Gasteiger partial charge in [-0.25, -0.2) is 9.67 Å². The minimum Gasteiger partial charge on any atom is -0.378 e. The molecule has 0 aliphatic heterocycles. The Morgan fingerprint density at radius 1 is 1.48 bits per heavy atom. The highest BCUT2D eigenvalue weighted by Gasteiger charge is 2.51. The summed E-state index contributed by atoms with van der Waals surface area (Å²) < 4.78 is 7.59. The topological polar surface area (TPSA) is 73.1 Å². The molecule has 1 amide bonds. The third kappa shape index (κ3) is 3.13. The second kappa shape index (κ2) is 6.71. The summed E-state index contributed by atoms with van der Waals surface area (Å²) >= 11 is 0. The van der Waals surface area contributed by atoms with E-state index in [1.54, 1.807) is 24.0 Å². The van der Waals surface area contributed by atoms with Crippen LogP contribution < -0.4 is 0 Å². The highest BCUT2D eigenvalue weighted by molar-refractivity contribution is 5.96. The average molecular weight is 345 g/mol. The van der Waals surface area contributed by atoms with Crippen molar-refractivity contribution < 1.29 is 9.53 Å². The molecule has 1 fully saturated rings. The molecule has 0 N–H and O–H groups in total. The lowest BCUT2D eigenvalue weighted by Gasteiger charge is -2.54. The molecule has 1 aliphatic carbocycles. The molecule has 2 aromatic rings. The Kier molecular flexibility index (Phi) is 4.77. The molecule has 0 bridgehead atoms. The van der Waals surface area contributed by atoms with E-state index >= 15 is 0 Å². The van der Waals surface area contributed by atoms with Crippen molar-refractivity contribution >= 4 is 17.1 Å². The summed E-state index contributed by atoms with van der Waals surface area (Å²) in [5.41, 5.74) is 1.80. The zero-order valence-electron chi connectivity index (χ0n) is 15.7. The van der Waals surface area contributed by atoms with Crippen molar-refractivity contribution in [2.45, 2.75) is 52.2 Å². The van der Waals surface area contributed by atoms with E-state index in [9.17, 15) is 4.79 Å². The summed E-state index contributed by atoms with van der Waals surface area (Å²) in [5, 5.41) is 7.98. The smallest absolute Gasteiger partial charge is 0.255 e. The minimum atomic E-state index is -0.0533. The van der Waals surface area contributed by atoms with Crippen LogP contribution in [-0.2, 0) is 11.8 Å². The SMILES string of the molecule is CCCCO[C@@H]1C[C@H](N(C)C(=O)c2cnc3c(c2)nnn3C)C1(C)C. The number of nitrogens with zero attached hydrogens (tertiary/aromatic N) is 5. The normalized spacial score (nSPS) is 22.0. The maximum Gasteiger partial charge on any atom is 0.255 e. The zero-order chi connectivity index (χ0) is 18.2. The van der Waals surface area contributed by atoms with Gasteiger partial charge in [0, 0.05) is 38.4 Å². The van der Waals surface area contributed by atoms with E-state index in [-0.39, 0.29) is 23.5 Å². The van der Waals surface area contributed by atoms with Gasteiger partial charge in [0.1, 0.15) is 5.52 Å². The van der Waals surface area contributed by atoms with Crippen molar-refractivity contribution in [1.29, 1.82) is 0 Å². The molecule has 7 heteroatoms. The summed E-state index contributed by atoms with van der Waals surface area (Å²) in [6.45, 7) is 7.30. The van der Waals surface area contributed by atoms with Crippen molar-refractivity contribution in [2.75, 3.05) is 13.7 Å². The van der Waals surface area contributed by atoms with E-state index in [1.165, 1.54) is 0 Å². The fourth-order valence-corrected chi connectivity index (χ4v) is 3.56. The van der Waals surface area contributed by atoms with Crippen molar-refractivity contribution in [2.24, 2.45) is 12.5 Å². The Balaban J connectivity index is 1.69. The van der Waals surface area contributed by atoms with Gasteiger partial charge in [-0.3, -0.25) is 4.79 Å². The molecule has 2 atom stereocenters. The maximum atomic E-state index is 12.9. The first kappa shape index (κ1) is 17.8. The molecule has 1 aliphatic rings. The van der Waals surface area contributed by atoms with Gasteiger partial charge in [0.2, 0.25) is 0 Å². The minimum absolute atomic E-state index is 0.0369. The van der Waals surface area contributed by atoms with Gasteiger partial charge in [-0.1, -0.05) is 32.4 Å². The van der Waals surface area contributed by atoms with E-state index in [0.717, 1.165) is 25.9 Å². The van der Waals surface area contributed by atoms with E-state index < -0.39 is 0 Å². The van der Waals surface area contributed by atoms with Crippen molar-refractivity contribution in [3.8, 4) is 0 Å². The van der Waals surface area contributed by atoms with Crippen LogP contribution in [0.5, 0.6) is 0 Å². The Labute approximate surface area is 148 Å². The molecule has 2 heterocycles. The summed E-state index contributed by atoms with van der Waals surface area (Å²) in [7, 11) is 3.64. The fraction of sp³-hybridized carbons (Fsp3) is 0.667. The summed E-state index contributed by atoms with van der Waals surface area (Å²) in [6.07, 6.45) is 4.90. The number of carbonyl (C=O) groups excluding carboxylic acids is 1. The zero-order valence-corrected chi connectivity index (χ0v) is 15.7. The summed E-state index contributed by atoms with van der Waals surface area (Å²) in [4.78, 5) is 19.0. The monoisotopic (exact) mass is 345 g/mol. The van der Waals surface area contributed by atoms with Gasteiger partial charge in [-0.2, -0.15) is 0 Å². The molecule has 7 nitrogen and oxygen atoms in total. The molecular formula is C18H27N5O2. The van der Waals surface area contributed by atoms with Gasteiger partial charge in [-0.05, 0) is 18.9 Å². The Hall–Kier alpha value is -2.02. The lowest BCUT2D eigenvalue weighted by atomic mass is 9.63. The number of aromatic nitrogens is 4. The van der Waals surface area contributed by atoms with Crippen LogP contribution in [0, 0.1) is 5.41 Å². The van der Waals surface area contributed by atoms with E-state index in [0.29, 0.717) is 16.7 Å². The number of fused-ring (bicyclic) bond motifs is 1. The Morgan fingerprint density at radius 2 is 2.24 bits per heavy atom. The lowest BCUT2D eigenvalue weighted by Crippen LogP contribution is -2.62. The van der Waals surface area contributed by atoms with Crippen LogP contribution in [0.2, 0.25) is 0 Å². The quantitative estimate of drug-likeness (QED) is 0.752. The molecule has 0 unspecified atom stereocenters. The molecule has 0 spiro atoms. The van der Waals surface area contributed by atoms with Gasteiger partial charge < -0.3 is 9.64 Å². The number of aryl methyl sites for hydroxylation is 1. The van der Waals surface area contributed by atoms with Crippen LogP contribution in [0.4, 0.5) is 0 Å². The third-order valence-electron chi connectivity index (χ3n) is 5.42. The molecule has 0 radical (unpaired) electrons. The van der Waals surface area contributed by atoms with Crippen LogP contribution in [0.3, 0.4) is 0 Å². The summed E-state index contributed by atoms with van der Waals surface area (Å²) in [5.74, 6) is -0.0369. The average Bonchev–Trinajstić information content (AvgIpc) is 2.96. The number of hydrogen-bond acceptors (Lipinski definition) is 5. The molecular weight excluding hydrogens is 318 g/mol. The van der Waals surface area contributed by atoms with Gasteiger partial charge in [-0.15, -0.1) is 5.10 Å². The van der Waals surface area contributed by atoms with Crippen molar-refractivity contribution in [3.05, 3.63) is 17.8 Å². The number of rotatable bonds is 6. The van der Waals surface area contributed by atoms with Crippen LogP contribution in [0.25, 0.3) is 11.2 Å². The van der Waals surface area contributed by atoms with E-state index in [2.05, 4.69) is 36.1 Å². The Bertz CT molecular complexity index is 770. The molecule has 0 aromatic carbocycles. The third-order valence-corrected chi connectivity index (χ3v) is 5.42. The highest BCUT2D eigenvalue weighted by atomic mass is 16.5. The standard InChI is InChI=1S/C18H27N5O2/c1-6-7-8-25-15-10-14(18(15,2)3)22(4)17(24)12-9-13-16(19-11-12)23(5)21-20-13/h9,11,14-15H,6-8,10H2,1-5H3/t14-,15+/m0/s1. The van der Waals surface area contributed by atoms with E-state index in [1.807, 2.05) is 11.9 Å². The fourth-order valence-electron chi connectivity index (χ4n) is 3.56. The van der Waals surface area contributed by atoms with Gasteiger partial charge in [0.05, 0.1) is 11.7 Å². The molecule has 2 aromatic heterocycles. The maximum absolute atomic E-state index is 12.9. The van der Waals surface area contributed by atoms with E-state index in [4.69, 9.17) is 4.74 Å². The first-order valence-corrected chi connectivity index (χ1v) is 8.90. The Morgan fingerprint density at radius 3 is 2.92 bits per heavy atom. The van der Waals surface area contributed by atoms with Crippen LogP contribution in [-0.4, -0.2) is 56.6 Å². The molecule has 25 heavy (non-hydrogen) atoms. The molecule has 1 saturated carbocycles. The first-order chi connectivity index (χ1) is 11.9.